The first kappa shape index (κ1) is 25.4. The number of ether oxygens (including phenoxy) is 1. The van der Waals surface area contributed by atoms with Gasteiger partial charge in [-0.2, -0.15) is 0 Å². The van der Waals surface area contributed by atoms with Crippen molar-refractivity contribution in [3.05, 3.63) is 93.9 Å². The first-order valence-corrected chi connectivity index (χ1v) is 13.2. The molecule has 5 rings (SSSR count). The quantitative estimate of drug-likeness (QED) is 0.274. The molecule has 7 nitrogen and oxygen atoms in total. The van der Waals surface area contributed by atoms with Crippen LogP contribution in [0.4, 0.5) is 5.13 Å². The number of aromatic nitrogens is 2. The van der Waals surface area contributed by atoms with E-state index in [1.54, 1.807) is 26.1 Å². The summed E-state index contributed by atoms with van der Waals surface area (Å²) in [5.74, 6) is -1.22. The number of pyridine rings is 1. The van der Waals surface area contributed by atoms with Gasteiger partial charge in [0.15, 0.2) is 11.2 Å². The van der Waals surface area contributed by atoms with E-state index in [1.807, 2.05) is 68.4 Å². The zero-order valence-electron chi connectivity index (χ0n) is 21.6. The van der Waals surface area contributed by atoms with Gasteiger partial charge in [-0.1, -0.05) is 72.4 Å². The molecule has 0 aliphatic rings. The molecular weight excluding hydrogens is 498 g/mol. The molecule has 1 amide bonds. The Labute approximate surface area is 223 Å². The average Bonchev–Trinajstić information content (AvgIpc) is 3.30. The van der Waals surface area contributed by atoms with Gasteiger partial charge >= 0.3 is 5.97 Å². The Morgan fingerprint density at radius 1 is 1.00 bits per heavy atom. The van der Waals surface area contributed by atoms with E-state index in [2.05, 4.69) is 10.3 Å². The number of thiazole rings is 1. The molecule has 2 heterocycles. The Morgan fingerprint density at radius 3 is 2.39 bits per heavy atom. The first-order valence-electron chi connectivity index (χ1n) is 12.3. The summed E-state index contributed by atoms with van der Waals surface area (Å²) >= 11 is 1.36. The van der Waals surface area contributed by atoms with Gasteiger partial charge in [-0.3, -0.25) is 14.9 Å². The van der Waals surface area contributed by atoms with Crippen molar-refractivity contribution in [1.82, 2.24) is 9.55 Å². The molecule has 8 heteroatoms. The number of rotatable bonds is 6. The topological polar surface area (TPSA) is 90.3 Å². The highest BCUT2D eigenvalue weighted by atomic mass is 32.1. The van der Waals surface area contributed by atoms with Crippen LogP contribution in [-0.4, -0.2) is 27.5 Å². The van der Waals surface area contributed by atoms with Gasteiger partial charge in [0.05, 0.1) is 10.2 Å². The molecule has 38 heavy (non-hydrogen) atoms. The fourth-order valence-electron chi connectivity index (χ4n) is 4.50. The van der Waals surface area contributed by atoms with Crippen molar-refractivity contribution in [2.75, 3.05) is 5.32 Å². The summed E-state index contributed by atoms with van der Waals surface area (Å²) in [7, 11) is 1.55. The number of anilines is 1. The van der Waals surface area contributed by atoms with Crippen molar-refractivity contribution in [3.63, 3.8) is 0 Å². The van der Waals surface area contributed by atoms with E-state index in [-0.39, 0.29) is 17.7 Å². The van der Waals surface area contributed by atoms with E-state index in [1.165, 1.54) is 15.9 Å². The minimum atomic E-state index is -1.07. The SMILES string of the molecule is CCC(OC(=O)c1c(-c2ccc(C)cc2)c2ccccc2c(=O)n1C)C(=O)Nc1nc2ccc(C)cc2s1. The van der Waals surface area contributed by atoms with Crippen LogP contribution in [0.5, 0.6) is 0 Å². The summed E-state index contributed by atoms with van der Waals surface area (Å²) in [6.45, 7) is 5.74. The van der Waals surface area contributed by atoms with Crippen LogP contribution in [-0.2, 0) is 16.6 Å². The third-order valence-corrected chi connectivity index (χ3v) is 7.46. The predicted molar refractivity (Wildman–Crippen MR) is 152 cm³/mol. The van der Waals surface area contributed by atoms with Crippen molar-refractivity contribution in [1.29, 1.82) is 0 Å². The monoisotopic (exact) mass is 525 g/mol. The van der Waals surface area contributed by atoms with E-state index in [0.29, 0.717) is 21.5 Å². The highest BCUT2D eigenvalue weighted by Gasteiger charge is 2.28. The van der Waals surface area contributed by atoms with Crippen molar-refractivity contribution in [2.45, 2.75) is 33.3 Å². The van der Waals surface area contributed by atoms with Gasteiger partial charge < -0.3 is 9.30 Å². The number of nitrogens with one attached hydrogen (secondary N) is 1. The number of nitrogens with zero attached hydrogens (tertiary/aromatic N) is 2. The molecule has 0 saturated heterocycles. The molecule has 0 fully saturated rings. The second-order valence-electron chi connectivity index (χ2n) is 9.28. The van der Waals surface area contributed by atoms with Gasteiger partial charge in [0.2, 0.25) is 0 Å². The lowest BCUT2D eigenvalue weighted by Gasteiger charge is -2.20. The second-order valence-corrected chi connectivity index (χ2v) is 10.3. The highest BCUT2D eigenvalue weighted by molar-refractivity contribution is 7.22. The van der Waals surface area contributed by atoms with Gasteiger partial charge in [0, 0.05) is 18.0 Å². The second kappa shape index (κ2) is 10.2. The molecule has 3 aromatic carbocycles. The number of fused-ring (bicyclic) bond motifs is 2. The molecule has 0 radical (unpaired) electrons. The lowest BCUT2D eigenvalue weighted by molar-refractivity contribution is -0.124. The maximum atomic E-state index is 13.7. The minimum absolute atomic E-state index is 0.0965. The van der Waals surface area contributed by atoms with E-state index < -0.39 is 18.0 Å². The summed E-state index contributed by atoms with van der Waals surface area (Å²) in [6.07, 6.45) is -0.813. The van der Waals surface area contributed by atoms with E-state index in [0.717, 1.165) is 26.9 Å². The molecule has 0 aliphatic carbocycles. The summed E-state index contributed by atoms with van der Waals surface area (Å²) in [5, 5.41) is 4.37. The maximum absolute atomic E-state index is 13.7. The Balaban J connectivity index is 1.51. The number of aryl methyl sites for hydroxylation is 2. The van der Waals surface area contributed by atoms with E-state index in [9.17, 15) is 14.4 Å². The van der Waals surface area contributed by atoms with Crippen LogP contribution in [0.1, 0.15) is 35.0 Å². The summed E-state index contributed by atoms with van der Waals surface area (Å²) in [4.78, 5) is 44.4. The zero-order chi connectivity index (χ0) is 27.0. The Hall–Kier alpha value is -4.30. The fourth-order valence-corrected chi connectivity index (χ4v) is 5.46. The Bertz CT molecular complexity index is 1750. The molecular formula is C30H27N3O4S. The van der Waals surface area contributed by atoms with Gasteiger partial charge in [0.1, 0.15) is 5.69 Å². The van der Waals surface area contributed by atoms with Crippen LogP contribution in [0.3, 0.4) is 0 Å². The number of benzene rings is 3. The number of carbonyl (C=O) groups excluding carboxylic acids is 2. The number of carbonyl (C=O) groups is 2. The summed E-state index contributed by atoms with van der Waals surface area (Å²) < 4.78 is 8.01. The van der Waals surface area contributed by atoms with Gasteiger partial charge in [-0.15, -0.1) is 0 Å². The van der Waals surface area contributed by atoms with Crippen LogP contribution < -0.4 is 10.9 Å². The van der Waals surface area contributed by atoms with Gasteiger partial charge in [0.25, 0.3) is 11.5 Å². The minimum Gasteiger partial charge on any atom is -0.448 e. The van der Waals surface area contributed by atoms with Crippen molar-refractivity contribution in [3.8, 4) is 11.1 Å². The molecule has 2 aromatic heterocycles. The number of hydrogen-bond donors (Lipinski definition) is 1. The average molecular weight is 526 g/mol. The smallest absolute Gasteiger partial charge is 0.356 e. The molecule has 1 atom stereocenters. The van der Waals surface area contributed by atoms with Gasteiger partial charge in [-0.25, -0.2) is 9.78 Å². The highest BCUT2D eigenvalue weighted by Crippen LogP contribution is 2.32. The maximum Gasteiger partial charge on any atom is 0.356 e. The van der Waals surface area contributed by atoms with Crippen LogP contribution in [0.2, 0.25) is 0 Å². The predicted octanol–water partition coefficient (Wildman–Crippen LogP) is 6.01. The van der Waals surface area contributed by atoms with Crippen molar-refractivity contribution >= 4 is 49.3 Å². The summed E-state index contributed by atoms with van der Waals surface area (Å²) in [6, 6.07) is 20.8. The lowest BCUT2D eigenvalue weighted by atomic mass is 9.96. The normalized spacial score (nSPS) is 12.0. The molecule has 1 N–H and O–H groups in total. The molecule has 0 spiro atoms. The molecule has 0 bridgehead atoms. The third-order valence-electron chi connectivity index (χ3n) is 6.52. The molecule has 0 aliphatic heterocycles. The van der Waals surface area contributed by atoms with Crippen LogP contribution in [0, 0.1) is 13.8 Å². The molecule has 5 aromatic rings. The van der Waals surface area contributed by atoms with Gasteiger partial charge in [-0.05, 0) is 55.0 Å². The fraction of sp³-hybridized carbons (Fsp3) is 0.200. The largest absolute Gasteiger partial charge is 0.448 e. The van der Waals surface area contributed by atoms with Crippen LogP contribution >= 0.6 is 11.3 Å². The third kappa shape index (κ3) is 4.70. The summed E-state index contributed by atoms with van der Waals surface area (Å²) in [5.41, 5.74) is 4.10. The Kier molecular flexibility index (Phi) is 6.82. The van der Waals surface area contributed by atoms with Crippen molar-refractivity contribution in [2.24, 2.45) is 7.05 Å². The number of amides is 1. The number of esters is 1. The van der Waals surface area contributed by atoms with Crippen molar-refractivity contribution < 1.29 is 14.3 Å². The van der Waals surface area contributed by atoms with Crippen LogP contribution in [0.25, 0.3) is 32.1 Å². The van der Waals surface area contributed by atoms with E-state index in [4.69, 9.17) is 4.74 Å². The van der Waals surface area contributed by atoms with E-state index >= 15 is 0 Å². The molecule has 0 saturated carbocycles. The zero-order valence-corrected chi connectivity index (χ0v) is 22.4. The molecule has 1 unspecified atom stereocenters. The standard InChI is InChI=1S/C30H27N3O4S/c1-5-23(27(34)32-30-31-22-15-12-18(3)16-24(22)38-30)37-29(36)26-25(19-13-10-17(2)11-14-19)20-8-6-7-9-21(20)28(35)33(26)4/h6-16,23H,5H2,1-4H3,(H,31,32,34). The Morgan fingerprint density at radius 2 is 1.68 bits per heavy atom. The molecule has 192 valence electrons. The van der Waals surface area contributed by atoms with Crippen LogP contribution in [0.15, 0.2) is 71.5 Å². The number of hydrogen-bond acceptors (Lipinski definition) is 6. The first-order chi connectivity index (χ1) is 18.3. The lowest BCUT2D eigenvalue weighted by Crippen LogP contribution is -2.34.